The number of ketones is 2. The van der Waals surface area contributed by atoms with Crippen molar-refractivity contribution in [2.24, 2.45) is 17.6 Å². The zero-order chi connectivity index (χ0) is 33.8. The van der Waals surface area contributed by atoms with Gasteiger partial charge in [0, 0.05) is 57.6 Å². The lowest BCUT2D eigenvalue weighted by molar-refractivity contribution is -0.120. The summed E-state index contributed by atoms with van der Waals surface area (Å²) in [5, 5.41) is 5.78. The summed E-state index contributed by atoms with van der Waals surface area (Å²) >= 11 is 0. The minimum Gasteiger partial charge on any atom is -0.439 e. The number of nitrogens with two attached hydrogens (primary N) is 1. The van der Waals surface area contributed by atoms with Crippen LogP contribution in [0.5, 0.6) is 0 Å². The molecule has 45 heavy (non-hydrogen) atoms. The molecule has 0 aromatic rings. The van der Waals surface area contributed by atoms with E-state index in [4.69, 9.17) is 24.7 Å². The zero-order valence-corrected chi connectivity index (χ0v) is 28.0. The van der Waals surface area contributed by atoms with Crippen molar-refractivity contribution in [1.29, 1.82) is 0 Å². The predicted molar refractivity (Wildman–Crippen MR) is 171 cm³/mol. The largest absolute Gasteiger partial charge is 0.439 e. The van der Waals surface area contributed by atoms with Gasteiger partial charge in [0.1, 0.15) is 6.10 Å². The molecule has 1 heterocycles. The van der Waals surface area contributed by atoms with Gasteiger partial charge in [-0.1, -0.05) is 38.2 Å². The van der Waals surface area contributed by atoms with Crippen LogP contribution in [0, 0.1) is 11.8 Å². The first kappa shape index (κ1) is 37.6. The smallest absolute Gasteiger partial charge is 0.405 e. The third kappa shape index (κ3) is 10.8. The summed E-state index contributed by atoms with van der Waals surface area (Å²) in [7, 11) is 8.50. The van der Waals surface area contributed by atoms with Crippen LogP contribution in [0.2, 0.25) is 0 Å². The minimum absolute atomic E-state index is 0.0868. The molecule has 4 N–H and O–H groups in total. The lowest BCUT2D eigenvalue weighted by Gasteiger charge is -2.32. The van der Waals surface area contributed by atoms with Gasteiger partial charge < -0.3 is 40.2 Å². The fourth-order valence-electron chi connectivity index (χ4n) is 5.54. The van der Waals surface area contributed by atoms with Crippen molar-refractivity contribution < 1.29 is 38.1 Å². The molecule has 0 radical (unpaired) electrons. The van der Waals surface area contributed by atoms with E-state index in [1.165, 1.54) is 19.3 Å². The average molecular weight is 631 g/mol. The number of methoxy groups -OCH3 is 3. The minimum atomic E-state index is -0.962. The van der Waals surface area contributed by atoms with Crippen LogP contribution in [0.15, 0.2) is 58.5 Å². The van der Waals surface area contributed by atoms with Crippen LogP contribution in [-0.2, 0) is 33.3 Å². The summed E-state index contributed by atoms with van der Waals surface area (Å²) in [5.74, 6) is -1.66. The Hall–Kier alpha value is -3.58. The molecule has 0 spiro atoms. The van der Waals surface area contributed by atoms with Gasteiger partial charge in [0.2, 0.25) is 11.6 Å². The molecule has 2 rings (SSSR count). The number of allylic oxidation sites excluding steroid dienone is 4. The predicted octanol–water partition coefficient (Wildman–Crippen LogP) is 2.57. The van der Waals surface area contributed by atoms with Gasteiger partial charge in [-0.15, -0.1) is 0 Å². The lowest BCUT2D eigenvalue weighted by atomic mass is 9.85. The van der Waals surface area contributed by atoms with Crippen LogP contribution in [0.3, 0.4) is 0 Å². The van der Waals surface area contributed by atoms with Crippen LogP contribution >= 0.6 is 0 Å². The first-order valence-corrected chi connectivity index (χ1v) is 15.1. The number of carbonyl (C=O) groups is 4. The summed E-state index contributed by atoms with van der Waals surface area (Å²) in [6.07, 6.45) is 5.27. The molecule has 2 aliphatic rings. The lowest BCUT2D eigenvalue weighted by Crippen LogP contribution is -2.39. The van der Waals surface area contributed by atoms with Crippen molar-refractivity contribution in [1.82, 2.24) is 15.5 Å². The van der Waals surface area contributed by atoms with E-state index >= 15 is 0 Å². The summed E-state index contributed by atoms with van der Waals surface area (Å²) in [4.78, 5) is 54.0. The fraction of sp³-hybridized carbons (Fsp3) is 0.576. The highest BCUT2D eigenvalue weighted by atomic mass is 16.6. The molecule has 0 aromatic heterocycles. The van der Waals surface area contributed by atoms with Gasteiger partial charge in [-0.2, -0.15) is 0 Å². The number of fused-ring (bicyclic) bond motifs is 2. The molecule has 1 aliphatic heterocycles. The van der Waals surface area contributed by atoms with E-state index in [1.807, 2.05) is 45.8 Å². The zero-order valence-electron chi connectivity index (χ0n) is 28.0. The van der Waals surface area contributed by atoms with E-state index in [9.17, 15) is 19.2 Å². The molecule has 0 fully saturated rings. The Morgan fingerprint density at radius 3 is 2.36 bits per heavy atom. The maximum atomic E-state index is 13.8. The SMILES string of the molecule is COC1/C=C\C=C(\C)C(=O)NC2=CC(=O)C(NCCN(C)C)=C(CC(C)CC(OC)C(OC)C(C)/C=C(/C)C1OC(N)=O)C2=O. The number of ether oxygens (including phenoxy) is 4. The van der Waals surface area contributed by atoms with Crippen molar-refractivity contribution in [2.45, 2.75) is 65.0 Å². The van der Waals surface area contributed by atoms with E-state index in [0.717, 1.165) is 0 Å². The number of carbonyl (C=O) groups excluding carboxylic acids is 4. The Morgan fingerprint density at radius 2 is 1.78 bits per heavy atom. The molecule has 0 saturated carbocycles. The second-order valence-electron chi connectivity index (χ2n) is 11.9. The summed E-state index contributed by atoms with van der Waals surface area (Å²) in [5.41, 5.74) is 6.82. The topological polar surface area (TPSA) is 159 Å². The number of nitrogens with zero attached hydrogens (tertiary/aromatic N) is 1. The standard InChI is InChI=1S/C33H50N4O8/c1-19-15-23-28(35-13-14-37(5)6)25(38)18-24(29(23)39)36-32(40)20(2)11-10-12-26(42-7)31(45-33(34)41)22(4)17-21(3)30(44-9)27(16-19)43-8/h10-12,17-19,21,26-27,30-31,35H,13-16H2,1-9H3,(H2,34,41)(H,36,40)/b12-10-,20-11-,22-17-. The van der Waals surface area contributed by atoms with Crippen molar-refractivity contribution in [3.63, 3.8) is 0 Å². The molecular formula is C33H50N4O8. The monoisotopic (exact) mass is 630 g/mol. The number of rotatable bonds is 8. The van der Waals surface area contributed by atoms with E-state index in [1.54, 1.807) is 33.3 Å². The number of likely N-dealkylation sites (N-methyl/N-ethyl adjacent to an activating group) is 1. The second kappa shape index (κ2) is 17.8. The maximum Gasteiger partial charge on any atom is 0.405 e. The van der Waals surface area contributed by atoms with Crippen LogP contribution in [0.1, 0.15) is 40.5 Å². The van der Waals surface area contributed by atoms with Crippen LogP contribution in [0.4, 0.5) is 4.79 Å². The molecule has 0 saturated heterocycles. The summed E-state index contributed by atoms with van der Waals surface area (Å²) < 4.78 is 22.9. The Kier molecular flexibility index (Phi) is 14.9. The third-order valence-corrected chi connectivity index (χ3v) is 7.89. The second-order valence-corrected chi connectivity index (χ2v) is 11.9. The number of hydrogen-bond donors (Lipinski definition) is 3. The van der Waals surface area contributed by atoms with Gasteiger partial charge in [-0.3, -0.25) is 14.4 Å². The van der Waals surface area contributed by atoms with E-state index in [2.05, 4.69) is 10.6 Å². The quantitative estimate of drug-likeness (QED) is 0.269. The molecule has 0 aromatic carbocycles. The van der Waals surface area contributed by atoms with Crippen LogP contribution < -0.4 is 16.4 Å². The Morgan fingerprint density at radius 1 is 1.09 bits per heavy atom. The van der Waals surface area contributed by atoms with Crippen LogP contribution in [0.25, 0.3) is 0 Å². The van der Waals surface area contributed by atoms with Gasteiger partial charge in [-0.05, 0) is 52.3 Å². The number of Topliss-reactive ketones (excluding diaryl/α,β-unsaturated/α-hetero) is 1. The van der Waals surface area contributed by atoms with E-state index in [0.29, 0.717) is 30.7 Å². The molecule has 250 valence electrons. The maximum absolute atomic E-state index is 13.8. The number of hydrogen-bond acceptors (Lipinski definition) is 10. The van der Waals surface area contributed by atoms with Crippen LogP contribution in [-0.4, -0.2) is 101 Å². The molecule has 12 heteroatoms. The van der Waals surface area contributed by atoms with Gasteiger partial charge in [0.15, 0.2) is 6.10 Å². The Labute approximate surface area is 266 Å². The van der Waals surface area contributed by atoms with Gasteiger partial charge in [0.25, 0.3) is 5.91 Å². The number of primary amides is 1. The average Bonchev–Trinajstić information content (AvgIpc) is 2.97. The van der Waals surface area contributed by atoms with E-state index in [-0.39, 0.29) is 47.1 Å². The Balaban J connectivity index is 2.64. The summed E-state index contributed by atoms with van der Waals surface area (Å²) in [6, 6.07) is 0. The number of amides is 2. The molecule has 2 bridgehead atoms. The van der Waals surface area contributed by atoms with Gasteiger partial charge >= 0.3 is 6.09 Å². The molecule has 6 unspecified atom stereocenters. The normalized spacial score (nSPS) is 30.5. The molecule has 1 aliphatic carbocycles. The van der Waals surface area contributed by atoms with Crippen molar-refractivity contribution >= 4 is 23.6 Å². The van der Waals surface area contributed by atoms with E-state index < -0.39 is 36.1 Å². The van der Waals surface area contributed by atoms with Gasteiger partial charge in [0.05, 0.1) is 23.6 Å². The molecular weight excluding hydrogens is 580 g/mol. The molecule has 6 atom stereocenters. The van der Waals surface area contributed by atoms with Crippen molar-refractivity contribution in [3.8, 4) is 0 Å². The fourth-order valence-corrected chi connectivity index (χ4v) is 5.54. The third-order valence-electron chi connectivity index (χ3n) is 7.89. The highest BCUT2D eigenvalue weighted by Gasteiger charge is 2.34. The summed E-state index contributed by atoms with van der Waals surface area (Å²) in [6.45, 7) is 8.44. The highest BCUT2D eigenvalue weighted by molar-refractivity contribution is 6.23. The Bertz CT molecular complexity index is 1250. The molecule has 12 nitrogen and oxygen atoms in total. The number of nitrogens with one attached hydrogen (secondary N) is 2. The van der Waals surface area contributed by atoms with Crippen molar-refractivity contribution in [2.75, 3.05) is 48.5 Å². The first-order valence-electron chi connectivity index (χ1n) is 15.1. The first-order chi connectivity index (χ1) is 21.2. The van der Waals surface area contributed by atoms with Gasteiger partial charge in [-0.25, -0.2) is 4.79 Å². The molecule has 2 amide bonds. The highest BCUT2D eigenvalue weighted by Crippen LogP contribution is 2.29. The van der Waals surface area contributed by atoms with Crippen molar-refractivity contribution in [3.05, 3.63) is 58.5 Å².